The Kier molecular flexibility index (Phi) is 4.22. The first-order chi connectivity index (χ1) is 8.11. The van der Waals surface area contributed by atoms with Gasteiger partial charge in [-0.1, -0.05) is 19.1 Å². The van der Waals surface area contributed by atoms with Gasteiger partial charge in [0.05, 0.1) is 0 Å². The van der Waals surface area contributed by atoms with E-state index in [2.05, 4.69) is 66.8 Å². The lowest BCUT2D eigenvalue weighted by Gasteiger charge is -2.04. The third kappa shape index (κ3) is 2.89. The topological polar surface area (TPSA) is 26.0 Å². The van der Waals surface area contributed by atoms with Crippen LogP contribution < -0.4 is 5.73 Å². The highest BCUT2D eigenvalue weighted by molar-refractivity contribution is 14.1. The molecule has 0 saturated carbocycles. The predicted octanol–water partition coefficient (Wildman–Crippen LogP) is 4.74. The molecule has 1 unspecified atom stereocenters. The van der Waals surface area contributed by atoms with Crippen LogP contribution in [-0.2, 0) is 0 Å². The van der Waals surface area contributed by atoms with Crippen molar-refractivity contribution in [2.45, 2.75) is 26.3 Å². The maximum absolute atomic E-state index is 6.05. The monoisotopic (exact) mass is 357 g/mol. The van der Waals surface area contributed by atoms with Gasteiger partial charge >= 0.3 is 0 Å². The minimum Gasteiger partial charge on any atom is -0.323 e. The molecule has 17 heavy (non-hydrogen) atoms. The minimum absolute atomic E-state index is 0.179. The van der Waals surface area contributed by atoms with E-state index in [1.54, 1.807) is 11.3 Å². The standard InChI is InChI=1S/C14H16INS/c1-3-12(16)14-7-6-13(17-14)10-5-4-9(2)11(15)8-10/h4-8,12H,3,16H2,1-2H3. The summed E-state index contributed by atoms with van der Waals surface area (Å²) in [6.07, 6.45) is 0.991. The predicted molar refractivity (Wildman–Crippen MR) is 84.4 cm³/mol. The molecule has 1 heterocycles. The highest BCUT2D eigenvalue weighted by Gasteiger charge is 2.08. The zero-order chi connectivity index (χ0) is 12.4. The van der Waals surface area contributed by atoms with Gasteiger partial charge in [-0.15, -0.1) is 11.3 Å². The number of nitrogens with two attached hydrogens (primary N) is 1. The molecule has 0 radical (unpaired) electrons. The van der Waals surface area contributed by atoms with Gasteiger partial charge in [-0.25, -0.2) is 0 Å². The van der Waals surface area contributed by atoms with E-state index in [1.807, 2.05) is 0 Å². The van der Waals surface area contributed by atoms with Crippen molar-refractivity contribution in [1.82, 2.24) is 0 Å². The highest BCUT2D eigenvalue weighted by atomic mass is 127. The molecule has 0 amide bonds. The van der Waals surface area contributed by atoms with Crippen LogP contribution in [0.25, 0.3) is 10.4 Å². The number of benzene rings is 1. The normalized spacial score (nSPS) is 12.7. The summed E-state index contributed by atoms with van der Waals surface area (Å²) in [5.74, 6) is 0. The van der Waals surface area contributed by atoms with E-state index in [0.717, 1.165) is 6.42 Å². The van der Waals surface area contributed by atoms with Gasteiger partial charge < -0.3 is 5.73 Å². The Morgan fingerprint density at radius 1 is 1.29 bits per heavy atom. The third-order valence-electron chi connectivity index (χ3n) is 2.89. The van der Waals surface area contributed by atoms with E-state index in [-0.39, 0.29) is 6.04 Å². The molecule has 1 aromatic carbocycles. The molecular formula is C14H16INS. The lowest BCUT2D eigenvalue weighted by atomic mass is 10.1. The first kappa shape index (κ1) is 13.1. The van der Waals surface area contributed by atoms with Crippen LogP contribution in [0.1, 0.15) is 29.8 Å². The summed E-state index contributed by atoms with van der Waals surface area (Å²) in [5, 5.41) is 0. The van der Waals surface area contributed by atoms with Crippen LogP contribution in [0.15, 0.2) is 30.3 Å². The molecule has 0 aliphatic carbocycles. The molecule has 1 nitrogen and oxygen atoms in total. The molecule has 0 aliphatic rings. The number of halogens is 1. The lowest BCUT2D eigenvalue weighted by Crippen LogP contribution is -2.05. The first-order valence-corrected chi connectivity index (χ1v) is 7.63. The van der Waals surface area contributed by atoms with Gasteiger partial charge in [0, 0.05) is 19.4 Å². The zero-order valence-corrected chi connectivity index (χ0v) is 13.0. The summed E-state index contributed by atoms with van der Waals surface area (Å²) >= 11 is 4.19. The summed E-state index contributed by atoms with van der Waals surface area (Å²) in [6, 6.07) is 11.1. The summed E-state index contributed by atoms with van der Waals surface area (Å²) < 4.78 is 1.31. The number of hydrogen-bond donors (Lipinski definition) is 1. The molecule has 2 N–H and O–H groups in total. The van der Waals surface area contributed by atoms with Crippen LogP contribution in [0.3, 0.4) is 0 Å². The van der Waals surface area contributed by atoms with E-state index in [4.69, 9.17) is 5.73 Å². The van der Waals surface area contributed by atoms with Crippen LogP contribution in [-0.4, -0.2) is 0 Å². The van der Waals surface area contributed by atoms with Gasteiger partial charge in [0.1, 0.15) is 0 Å². The van der Waals surface area contributed by atoms with Crippen molar-refractivity contribution in [1.29, 1.82) is 0 Å². The Morgan fingerprint density at radius 2 is 2.06 bits per heavy atom. The maximum atomic E-state index is 6.05. The molecule has 0 aliphatic heterocycles. The summed E-state index contributed by atoms with van der Waals surface area (Å²) in [7, 11) is 0. The van der Waals surface area contributed by atoms with Crippen LogP contribution in [0.5, 0.6) is 0 Å². The van der Waals surface area contributed by atoms with Crippen molar-refractivity contribution in [3.05, 3.63) is 44.3 Å². The number of hydrogen-bond acceptors (Lipinski definition) is 2. The Morgan fingerprint density at radius 3 is 2.71 bits per heavy atom. The first-order valence-electron chi connectivity index (χ1n) is 5.73. The summed E-state index contributed by atoms with van der Waals surface area (Å²) in [4.78, 5) is 2.58. The molecule has 0 spiro atoms. The Labute approximate surface area is 120 Å². The SMILES string of the molecule is CCC(N)c1ccc(-c2ccc(C)c(I)c2)s1. The van der Waals surface area contributed by atoms with E-state index in [0.29, 0.717) is 0 Å². The molecule has 2 rings (SSSR count). The van der Waals surface area contributed by atoms with Crippen LogP contribution in [0.2, 0.25) is 0 Å². The van der Waals surface area contributed by atoms with E-state index in [9.17, 15) is 0 Å². The van der Waals surface area contributed by atoms with Gasteiger partial charge in [-0.05, 0) is 65.3 Å². The fourth-order valence-electron chi connectivity index (χ4n) is 1.65. The van der Waals surface area contributed by atoms with Crippen LogP contribution in [0.4, 0.5) is 0 Å². The fraction of sp³-hybridized carbons (Fsp3) is 0.286. The molecule has 2 aromatic rings. The molecule has 1 atom stereocenters. The average molecular weight is 357 g/mol. The Balaban J connectivity index is 2.33. The van der Waals surface area contributed by atoms with Gasteiger partial charge in [0.15, 0.2) is 0 Å². The van der Waals surface area contributed by atoms with Crippen LogP contribution >= 0.6 is 33.9 Å². The van der Waals surface area contributed by atoms with Crippen molar-refractivity contribution in [3.8, 4) is 10.4 Å². The van der Waals surface area contributed by atoms with E-state index >= 15 is 0 Å². The van der Waals surface area contributed by atoms with Gasteiger partial charge in [-0.2, -0.15) is 0 Å². The minimum atomic E-state index is 0.179. The van der Waals surface area contributed by atoms with Crippen molar-refractivity contribution >= 4 is 33.9 Å². The molecule has 90 valence electrons. The number of thiophene rings is 1. The Bertz CT molecular complexity index is 519. The van der Waals surface area contributed by atoms with Crippen molar-refractivity contribution in [3.63, 3.8) is 0 Å². The third-order valence-corrected chi connectivity index (χ3v) is 5.32. The van der Waals surface area contributed by atoms with E-state index < -0.39 is 0 Å². The lowest BCUT2D eigenvalue weighted by molar-refractivity contribution is 0.712. The second kappa shape index (κ2) is 5.50. The molecule has 0 fully saturated rings. The fourth-order valence-corrected chi connectivity index (χ4v) is 3.26. The van der Waals surface area contributed by atoms with Crippen molar-refractivity contribution in [2.24, 2.45) is 5.73 Å². The smallest absolute Gasteiger partial charge is 0.0387 e. The molecule has 3 heteroatoms. The summed E-state index contributed by atoms with van der Waals surface area (Å²) in [6.45, 7) is 4.26. The molecule has 0 saturated heterocycles. The molecule has 0 bridgehead atoms. The van der Waals surface area contributed by atoms with Crippen LogP contribution in [0, 0.1) is 10.5 Å². The largest absolute Gasteiger partial charge is 0.323 e. The Hall–Kier alpha value is -0.390. The van der Waals surface area contributed by atoms with Gasteiger partial charge in [-0.3, -0.25) is 0 Å². The second-order valence-electron chi connectivity index (χ2n) is 4.18. The average Bonchev–Trinajstić information content (AvgIpc) is 2.81. The number of rotatable bonds is 3. The van der Waals surface area contributed by atoms with Crippen molar-refractivity contribution < 1.29 is 0 Å². The van der Waals surface area contributed by atoms with Crippen molar-refractivity contribution in [2.75, 3.05) is 0 Å². The van der Waals surface area contributed by atoms with Gasteiger partial charge in [0.25, 0.3) is 0 Å². The quantitative estimate of drug-likeness (QED) is 0.789. The zero-order valence-electron chi connectivity index (χ0n) is 10.0. The summed E-state index contributed by atoms with van der Waals surface area (Å²) in [5.41, 5.74) is 8.67. The highest BCUT2D eigenvalue weighted by Crippen LogP contribution is 2.32. The number of aryl methyl sites for hydroxylation is 1. The second-order valence-corrected chi connectivity index (χ2v) is 6.46. The molecular weight excluding hydrogens is 341 g/mol. The maximum Gasteiger partial charge on any atom is 0.0387 e. The van der Waals surface area contributed by atoms with Gasteiger partial charge in [0.2, 0.25) is 0 Å². The van der Waals surface area contributed by atoms with E-state index in [1.165, 1.54) is 24.5 Å². The molecule has 1 aromatic heterocycles.